The fourth-order valence-corrected chi connectivity index (χ4v) is 3.26. The Kier molecular flexibility index (Phi) is 3.32. The van der Waals surface area contributed by atoms with Gasteiger partial charge in [-0.1, -0.05) is 42.1 Å². The molecule has 0 amide bonds. The quantitative estimate of drug-likeness (QED) is 0.743. The summed E-state index contributed by atoms with van der Waals surface area (Å²) in [7, 11) is 0. The molecule has 1 aromatic carbocycles. The summed E-state index contributed by atoms with van der Waals surface area (Å²) in [5.41, 5.74) is 1.37. The van der Waals surface area contributed by atoms with Crippen molar-refractivity contribution in [3.63, 3.8) is 0 Å². The van der Waals surface area contributed by atoms with Gasteiger partial charge in [0.1, 0.15) is 0 Å². The molecule has 0 unspecified atom stereocenters. The zero-order valence-electron chi connectivity index (χ0n) is 8.73. The standard InChI is InChI=1S/C12H14OS2/c1-2-13-11(14)15-12(8-9-12)10-6-4-3-5-7-10/h3-7H,2,8-9H2,1H3. The summed E-state index contributed by atoms with van der Waals surface area (Å²) in [5.74, 6) is 0. The second-order valence-electron chi connectivity index (χ2n) is 3.65. The molecule has 0 aromatic heterocycles. The summed E-state index contributed by atoms with van der Waals surface area (Å²) in [6.07, 6.45) is 2.41. The zero-order chi connectivity index (χ0) is 10.7. The van der Waals surface area contributed by atoms with E-state index < -0.39 is 0 Å². The van der Waals surface area contributed by atoms with E-state index >= 15 is 0 Å². The molecular formula is C12H14OS2. The van der Waals surface area contributed by atoms with Crippen molar-refractivity contribution in [3.05, 3.63) is 35.9 Å². The first-order valence-electron chi connectivity index (χ1n) is 5.18. The van der Waals surface area contributed by atoms with E-state index in [9.17, 15) is 0 Å². The maximum atomic E-state index is 5.33. The van der Waals surface area contributed by atoms with Crippen molar-refractivity contribution in [1.29, 1.82) is 0 Å². The molecule has 1 fully saturated rings. The monoisotopic (exact) mass is 238 g/mol. The number of hydrogen-bond donors (Lipinski definition) is 0. The molecule has 1 nitrogen and oxygen atoms in total. The van der Waals surface area contributed by atoms with Crippen LogP contribution in [0.2, 0.25) is 0 Å². The van der Waals surface area contributed by atoms with E-state index in [2.05, 4.69) is 24.3 Å². The van der Waals surface area contributed by atoms with Crippen LogP contribution in [0.15, 0.2) is 30.3 Å². The molecule has 80 valence electrons. The molecule has 3 heteroatoms. The molecule has 0 spiro atoms. The maximum Gasteiger partial charge on any atom is 0.220 e. The van der Waals surface area contributed by atoms with Gasteiger partial charge >= 0.3 is 0 Å². The third kappa shape index (κ3) is 2.52. The van der Waals surface area contributed by atoms with Gasteiger partial charge in [0.2, 0.25) is 4.38 Å². The number of hydrogen-bond acceptors (Lipinski definition) is 3. The Hall–Kier alpha value is -0.540. The Balaban J connectivity index is 2.05. The van der Waals surface area contributed by atoms with Gasteiger partial charge in [0.25, 0.3) is 0 Å². The molecule has 1 aliphatic carbocycles. The summed E-state index contributed by atoms with van der Waals surface area (Å²) in [5, 5.41) is 0. The van der Waals surface area contributed by atoms with Crippen LogP contribution in [0.3, 0.4) is 0 Å². The second-order valence-corrected chi connectivity index (χ2v) is 5.63. The van der Waals surface area contributed by atoms with Gasteiger partial charge in [0.15, 0.2) is 0 Å². The Morgan fingerprint density at radius 3 is 2.60 bits per heavy atom. The Labute approximate surface area is 100 Å². The number of thioether (sulfide) groups is 1. The van der Waals surface area contributed by atoms with E-state index in [1.807, 2.05) is 13.0 Å². The highest BCUT2D eigenvalue weighted by Gasteiger charge is 2.46. The minimum absolute atomic E-state index is 0.216. The molecule has 0 saturated heterocycles. The first kappa shape index (κ1) is 11.0. The van der Waals surface area contributed by atoms with Crippen molar-refractivity contribution >= 4 is 28.4 Å². The number of rotatable bonds is 3. The molecule has 0 aliphatic heterocycles. The van der Waals surface area contributed by atoms with Crippen LogP contribution in [0.5, 0.6) is 0 Å². The van der Waals surface area contributed by atoms with Crippen LogP contribution in [0.4, 0.5) is 0 Å². The van der Waals surface area contributed by atoms with Crippen LogP contribution < -0.4 is 0 Å². The lowest BCUT2D eigenvalue weighted by Crippen LogP contribution is -2.06. The van der Waals surface area contributed by atoms with Gasteiger partial charge < -0.3 is 4.74 Å². The van der Waals surface area contributed by atoms with Gasteiger partial charge in [-0.25, -0.2) is 0 Å². The predicted octanol–water partition coefficient (Wildman–Crippen LogP) is 3.73. The average Bonchev–Trinajstić information content (AvgIpc) is 3.01. The van der Waals surface area contributed by atoms with E-state index in [4.69, 9.17) is 17.0 Å². The van der Waals surface area contributed by atoms with Crippen LogP contribution >= 0.6 is 24.0 Å². The van der Waals surface area contributed by atoms with E-state index in [-0.39, 0.29) is 4.75 Å². The molecule has 1 aliphatic rings. The molecule has 0 bridgehead atoms. The number of benzene rings is 1. The lowest BCUT2D eigenvalue weighted by atomic mass is 10.1. The van der Waals surface area contributed by atoms with Gasteiger partial charge in [-0.05, 0) is 37.5 Å². The van der Waals surface area contributed by atoms with Crippen LogP contribution in [-0.4, -0.2) is 11.0 Å². The fraction of sp³-hybridized carbons (Fsp3) is 0.417. The second kappa shape index (κ2) is 4.54. The normalized spacial score (nSPS) is 17.1. The predicted molar refractivity (Wildman–Crippen MR) is 69.2 cm³/mol. The van der Waals surface area contributed by atoms with Crippen LogP contribution in [0, 0.1) is 0 Å². The van der Waals surface area contributed by atoms with Gasteiger partial charge in [-0.2, -0.15) is 0 Å². The SMILES string of the molecule is CCOC(=S)SC1(c2ccccc2)CC1. The summed E-state index contributed by atoms with van der Waals surface area (Å²) in [6, 6.07) is 10.6. The fourth-order valence-electron chi connectivity index (χ4n) is 1.61. The summed E-state index contributed by atoms with van der Waals surface area (Å²) in [4.78, 5) is 0. The summed E-state index contributed by atoms with van der Waals surface area (Å²) >= 11 is 6.88. The minimum Gasteiger partial charge on any atom is -0.479 e. The summed E-state index contributed by atoms with van der Waals surface area (Å²) < 4.78 is 6.23. The van der Waals surface area contributed by atoms with E-state index in [0.29, 0.717) is 11.0 Å². The zero-order valence-corrected chi connectivity index (χ0v) is 10.4. The number of thiocarbonyl (C=S) groups is 1. The molecule has 15 heavy (non-hydrogen) atoms. The molecule has 0 N–H and O–H groups in total. The van der Waals surface area contributed by atoms with E-state index in [0.717, 1.165) is 0 Å². The molecule has 1 aromatic rings. The summed E-state index contributed by atoms with van der Waals surface area (Å²) in [6.45, 7) is 2.63. The van der Waals surface area contributed by atoms with Crippen molar-refractivity contribution in [2.45, 2.75) is 24.5 Å². The minimum atomic E-state index is 0.216. The lowest BCUT2D eigenvalue weighted by molar-refractivity contribution is 0.346. The smallest absolute Gasteiger partial charge is 0.220 e. The molecule has 1 saturated carbocycles. The topological polar surface area (TPSA) is 9.23 Å². The lowest BCUT2D eigenvalue weighted by Gasteiger charge is -2.15. The number of ether oxygens (including phenoxy) is 1. The third-order valence-electron chi connectivity index (χ3n) is 2.54. The van der Waals surface area contributed by atoms with Crippen molar-refractivity contribution < 1.29 is 4.74 Å². The molecule has 0 radical (unpaired) electrons. The van der Waals surface area contributed by atoms with Gasteiger partial charge in [0.05, 0.1) is 6.61 Å². The van der Waals surface area contributed by atoms with Gasteiger partial charge in [0, 0.05) is 4.75 Å². The molecule has 0 heterocycles. The van der Waals surface area contributed by atoms with Crippen molar-refractivity contribution in [1.82, 2.24) is 0 Å². The van der Waals surface area contributed by atoms with Crippen molar-refractivity contribution in [3.8, 4) is 0 Å². The average molecular weight is 238 g/mol. The highest BCUT2D eigenvalue weighted by Crippen LogP contribution is 2.57. The van der Waals surface area contributed by atoms with E-state index in [1.54, 1.807) is 11.8 Å². The Bertz CT molecular complexity index is 344. The first-order valence-corrected chi connectivity index (χ1v) is 6.40. The van der Waals surface area contributed by atoms with Gasteiger partial charge in [-0.15, -0.1) is 0 Å². The van der Waals surface area contributed by atoms with Gasteiger partial charge in [-0.3, -0.25) is 0 Å². The molecular weight excluding hydrogens is 224 g/mol. The first-order chi connectivity index (χ1) is 7.27. The largest absolute Gasteiger partial charge is 0.479 e. The van der Waals surface area contributed by atoms with Crippen molar-refractivity contribution in [2.75, 3.05) is 6.61 Å². The van der Waals surface area contributed by atoms with Crippen molar-refractivity contribution in [2.24, 2.45) is 0 Å². The highest BCUT2D eigenvalue weighted by molar-refractivity contribution is 8.23. The Morgan fingerprint density at radius 1 is 1.40 bits per heavy atom. The molecule has 0 atom stereocenters. The third-order valence-corrected chi connectivity index (χ3v) is 4.23. The Morgan fingerprint density at radius 2 is 2.07 bits per heavy atom. The van der Waals surface area contributed by atoms with Crippen LogP contribution in [0.1, 0.15) is 25.3 Å². The molecule has 2 rings (SSSR count). The van der Waals surface area contributed by atoms with E-state index in [1.165, 1.54) is 18.4 Å². The van der Waals surface area contributed by atoms with Crippen LogP contribution in [0.25, 0.3) is 0 Å². The highest BCUT2D eigenvalue weighted by atomic mass is 32.2. The maximum absolute atomic E-state index is 5.33. The van der Waals surface area contributed by atoms with Crippen LogP contribution in [-0.2, 0) is 9.48 Å².